The highest BCUT2D eigenvalue weighted by Crippen LogP contribution is 2.19. The molecule has 2 N–H and O–H groups in total. The van der Waals surface area contributed by atoms with E-state index in [9.17, 15) is 0 Å². The van der Waals surface area contributed by atoms with Gasteiger partial charge in [0, 0.05) is 24.3 Å². The molecule has 2 rings (SSSR count). The third kappa shape index (κ3) is 3.44. The normalized spacial score (nSPS) is 12.6. The molecule has 0 fully saturated rings. The fourth-order valence-electron chi connectivity index (χ4n) is 2.30. The van der Waals surface area contributed by atoms with Crippen LogP contribution in [0.25, 0.3) is 0 Å². The molecule has 3 nitrogen and oxygen atoms in total. The molecule has 1 atom stereocenters. The van der Waals surface area contributed by atoms with Gasteiger partial charge in [0.2, 0.25) is 0 Å². The molecule has 0 aliphatic carbocycles. The van der Waals surface area contributed by atoms with Crippen LogP contribution in [0.5, 0.6) is 0 Å². The summed E-state index contributed by atoms with van der Waals surface area (Å²) in [6, 6.07) is 6.55. The minimum atomic E-state index is 0.0195. The molecule has 1 heterocycles. The number of aryl methyl sites for hydroxylation is 3. The van der Waals surface area contributed by atoms with Gasteiger partial charge in [0.25, 0.3) is 0 Å². The van der Waals surface area contributed by atoms with Crippen LogP contribution in [-0.2, 0) is 13.0 Å². The van der Waals surface area contributed by atoms with Gasteiger partial charge in [-0.25, -0.2) is 0 Å². The Bertz CT molecular complexity index is 543. The van der Waals surface area contributed by atoms with Gasteiger partial charge in [0.05, 0.1) is 6.20 Å². The van der Waals surface area contributed by atoms with Crippen molar-refractivity contribution in [3.8, 4) is 0 Å². The number of benzene rings is 1. The fraction of sp³-hybridized carbons (Fsp3) is 0.438. The minimum Gasteiger partial charge on any atom is -0.324 e. The predicted octanol–water partition coefficient (Wildman–Crippen LogP) is 3.15. The Balaban J connectivity index is 2.11. The maximum atomic E-state index is 6.30. The molecule has 1 aromatic carbocycles. The summed E-state index contributed by atoms with van der Waals surface area (Å²) in [5.74, 6) is 0. The van der Waals surface area contributed by atoms with Gasteiger partial charge in [0.15, 0.2) is 0 Å². The number of nitrogens with zero attached hydrogens (tertiary/aromatic N) is 2. The van der Waals surface area contributed by atoms with Crippen LogP contribution >= 0.6 is 0 Å². The average Bonchev–Trinajstić information content (AvgIpc) is 2.83. The number of hydrogen-bond donors (Lipinski definition) is 1. The van der Waals surface area contributed by atoms with Gasteiger partial charge in [-0.2, -0.15) is 5.10 Å². The summed E-state index contributed by atoms with van der Waals surface area (Å²) >= 11 is 0. The SMILES string of the molecule is CCCn1cc(C(N)Cc2cc(C)ccc2C)cn1. The van der Waals surface area contributed by atoms with Gasteiger partial charge in [-0.3, -0.25) is 4.68 Å². The van der Waals surface area contributed by atoms with Crippen molar-refractivity contribution in [3.05, 3.63) is 52.8 Å². The summed E-state index contributed by atoms with van der Waals surface area (Å²) in [6.07, 6.45) is 5.92. The van der Waals surface area contributed by atoms with E-state index in [1.165, 1.54) is 16.7 Å². The molecule has 0 bridgehead atoms. The van der Waals surface area contributed by atoms with Crippen molar-refractivity contribution in [1.29, 1.82) is 0 Å². The van der Waals surface area contributed by atoms with Crippen molar-refractivity contribution in [2.24, 2.45) is 5.73 Å². The second kappa shape index (κ2) is 6.02. The van der Waals surface area contributed by atoms with E-state index in [1.54, 1.807) is 0 Å². The highest BCUT2D eigenvalue weighted by molar-refractivity contribution is 5.32. The first kappa shape index (κ1) is 13.8. The highest BCUT2D eigenvalue weighted by atomic mass is 15.3. The molecular weight excluding hydrogens is 234 g/mol. The summed E-state index contributed by atoms with van der Waals surface area (Å²) in [6.45, 7) is 7.36. The maximum Gasteiger partial charge on any atom is 0.0537 e. The van der Waals surface area contributed by atoms with E-state index >= 15 is 0 Å². The van der Waals surface area contributed by atoms with Crippen LogP contribution in [0, 0.1) is 13.8 Å². The van der Waals surface area contributed by atoms with Gasteiger partial charge < -0.3 is 5.73 Å². The van der Waals surface area contributed by atoms with E-state index in [-0.39, 0.29) is 6.04 Å². The molecule has 19 heavy (non-hydrogen) atoms. The lowest BCUT2D eigenvalue weighted by atomic mass is 9.97. The molecule has 0 radical (unpaired) electrons. The van der Waals surface area contributed by atoms with Crippen molar-refractivity contribution < 1.29 is 0 Å². The minimum absolute atomic E-state index is 0.0195. The Labute approximate surface area is 115 Å². The van der Waals surface area contributed by atoms with E-state index in [0.717, 1.165) is 24.9 Å². The molecule has 2 aromatic rings. The van der Waals surface area contributed by atoms with Crippen LogP contribution < -0.4 is 5.73 Å². The summed E-state index contributed by atoms with van der Waals surface area (Å²) in [7, 11) is 0. The smallest absolute Gasteiger partial charge is 0.0537 e. The van der Waals surface area contributed by atoms with E-state index in [4.69, 9.17) is 5.73 Å². The van der Waals surface area contributed by atoms with Crippen LogP contribution in [-0.4, -0.2) is 9.78 Å². The summed E-state index contributed by atoms with van der Waals surface area (Å²) in [4.78, 5) is 0. The Hall–Kier alpha value is -1.61. The fourth-order valence-corrected chi connectivity index (χ4v) is 2.30. The first-order chi connectivity index (χ1) is 9.10. The molecule has 1 aromatic heterocycles. The first-order valence-corrected chi connectivity index (χ1v) is 6.94. The second-order valence-electron chi connectivity index (χ2n) is 5.28. The van der Waals surface area contributed by atoms with Gasteiger partial charge in [-0.1, -0.05) is 30.7 Å². The summed E-state index contributed by atoms with van der Waals surface area (Å²) in [5, 5.41) is 4.35. The molecule has 102 valence electrons. The lowest BCUT2D eigenvalue weighted by Gasteiger charge is -2.12. The predicted molar refractivity (Wildman–Crippen MR) is 79.1 cm³/mol. The third-order valence-corrected chi connectivity index (χ3v) is 3.48. The lowest BCUT2D eigenvalue weighted by Crippen LogP contribution is -2.13. The quantitative estimate of drug-likeness (QED) is 0.894. The Kier molecular flexibility index (Phi) is 4.38. The molecule has 0 aliphatic heterocycles. The van der Waals surface area contributed by atoms with Crippen molar-refractivity contribution in [2.75, 3.05) is 0 Å². The Morgan fingerprint density at radius 1 is 1.32 bits per heavy atom. The molecule has 0 spiro atoms. The van der Waals surface area contributed by atoms with Gasteiger partial charge in [-0.15, -0.1) is 0 Å². The van der Waals surface area contributed by atoms with Crippen molar-refractivity contribution in [1.82, 2.24) is 9.78 Å². The Morgan fingerprint density at radius 2 is 2.11 bits per heavy atom. The summed E-state index contributed by atoms with van der Waals surface area (Å²) in [5.41, 5.74) is 11.3. The van der Waals surface area contributed by atoms with Crippen LogP contribution in [0.4, 0.5) is 0 Å². The number of aromatic nitrogens is 2. The van der Waals surface area contributed by atoms with Gasteiger partial charge >= 0.3 is 0 Å². The number of rotatable bonds is 5. The standard InChI is InChI=1S/C16H23N3/c1-4-7-19-11-15(10-18-19)16(17)9-14-8-12(2)5-6-13(14)3/h5-6,8,10-11,16H,4,7,9,17H2,1-3H3. The average molecular weight is 257 g/mol. The van der Waals surface area contributed by atoms with E-state index < -0.39 is 0 Å². The van der Waals surface area contributed by atoms with Crippen molar-refractivity contribution in [3.63, 3.8) is 0 Å². The number of hydrogen-bond acceptors (Lipinski definition) is 2. The van der Waals surface area contributed by atoms with E-state index in [0.29, 0.717) is 0 Å². The topological polar surface area (TPSA) is 43.8 Å². The Morgan fingerprint density at radius 3 is 2.84 bits per heavy atom. The zero-order valence-electron chi connectivity index (χ0n) is 12.1. The molecule has 0 amide bonds. The lowest BCUT2D eigenvalue weighted by molar-refractivity contribution is 0.600. The van der Waals surface area contributed by atoms with Crippen LogP contribution in [0.15, 0.2) is 30.6 Å². The molecule has 3 heteroatoms. The molecule has 0 saturated heterocycles. The first-order valence-electron chi connectivity index (χ1n) is 6.94. The molecular formula is C16H23N3. The van der Waals surface area contributed by atoms with Gasteiger partial charge in [-0.05, 0) is 37.8 Å². The second-order valence-corrected chi connectivity index (χ2v) is 5.28. The summed E-state index contributed by atoms with van der Waals surface area (Å²) < 4.78 is 1.97. The largest absolute Gasteiger partial charge is 0.324 e. The molecule has 1 unspecified atom stereocenters. The van der Waals surface area contributed by atoms with Crippen molar-refractivity contribution >= 4 is 0 Å². The number of nitrogens with two attached hydrogens (primary N) is 1. The molecule has 0 saturated carbocycles. The monoisotopic (exact) mass is 257 g/mol. The zero-order valence-corrected chi connectivity index (χ0v) is 12.1. The molecule has 0 aliphatic rings. The van der Waals surface area contributed by atoms with Crippen LogP contribution in [0.1, 0.15) is 41.6 Å². The van der Waals surface area contributed by atoms with Gasteiger partial charge in [0.1, 0.15) is 0 Å². The van der Waals surface area contributed by atoms with Crippen LogP contribution in [0.3, 0.4) is 0 Å². The van der Waals surface area contributed by atoms with Crippen LogP contribution in [0.2, 0.25) is 0 Å². The van der Waals surface area contributed by atoms with E-state index in [2.05, 4.69) is 50.3 Å². The zero-order chi connectivity index (χ0) is 13.8. The maximum absolute atomic E-state index is 6.30. The third-order valence-electron chi connectivity index (χ3n) is 3.48. The van der Waals surface area contributed by atoms with Crippen molar-refractivity contribution in [2.45, 2.75) is 46.2 Å². The van der Waals surface area contributed by atoms with E-state index in [1.807, 2.05) is 10.9 Å². The highest BCUT2D eigenvalue weighted by Gasteiger charge is 2.11.